The fraction of sp³-hybridized carbons (Fsp3) is 0.333. The van der Waals surface area contributed by atoms with Gasteiger partial charge in [-0.15, -0.1) is 0 Å². The summed E-state index contributed by atoms with van der Waals surface area (Å²) >= 11 is 6.29. The molecular weight excluding hydrogens is 428 g/mol. The highest BCUT2D eigenvalue weighted by molar-refractivity contribution is 6.33. The maximum Gasteiger partial charge on any atom is 0.257 e. The van der Waals surface area contributed by atoms with Crippen LogP contribution in [0, 0.1) is 6.92 Å². The molecule has 1 N–H and O–H groups in total. The van der Waals surface area contributed by atoms with Crippen LogP contribution in [-0.2, 0) is 0 Å². The van der Waals surface area contributed by atoms with E-state index in [1.807, 2.05) is 30.3 Å². The number of aromatic nitrogens is 1. The predicted octanol–water partition coefficient (Wildman–Crippen LogP) is 3.86. The van der Waals surface area contributed by atoms with E-state index in [2.05, 4.69) is 32.4 Å². The molecule has 32 heavy (non-hydrogen) atoms. The zero-order valence-electron chi connectivity index (χ0n) is 18.3. The number of piperazine rings is 1. The summed E-state index contributed by atoms with van der Waals surface area (Å²) in [6.07, 6.45) is 0. The van der Waals surface area contributed by atoms with Gasteiger partial charge in [0.05, 0.1) is 12.1 Å². The van der Waals surface area contributed by atoms with Crippen molar-refractivity contribution in [2.24, 2.45) is 0 Å². The third-order valence-electron chi connectivity index (χ3n) is 5.74. The SMILES string of the molecule is COc1ccc(N2CCN(CCNC(=O)c3c(-c4ccccc4Cl)noc3C)CC2)cc1. The number of amides is 1. The van der Waals surface area contributed by atoms with Gasteiger partial charge in [0.2, 0.25) is 0 Å². The van der Waals surface area contributed by atoms with Gasteiger partial charge in [-0.1, -0.05) is 35.0 Å². The van der Waals surface area contributed by atoms with Crippen LogP contribution >= 0.6 is 11.6 Å². The Hall–Kier alpha value is -3.03. The van der Waals surface area contributed by atoms with Crippen molar-refractivity contribution in [2.45, 2.75) is 6.92 Å². The Bertz CT molecular complexity index is 1060. The molecule has 1 aliphatic heterocycles. The molecule has 8 heteroatoms. The van der Waals surface area contributed by atoms with Crippen LogP contribution in [0.3, 0.4) is 0 Å². The number of carbonyl (C=O) groups excluding carboxylic acids is 1. The lowest BCUT2D eigenvalue weighted by molar-refractivity contribution is 0.0947. The average Bonchev–Trinajstić information content (AvgIpc) is 3.21. The highest BCUT2D eigenvalue weighted by Gasteiger charge is 2.23. The first-order chi connectivity index (χ1) is 15.6. The van der Waals surface area contributed by atoms with E-state index in [1.54, 1.807) is 20.1 Å². The smallest absolute Gasteiger partial charge is 0.257 e. The number of anilines is 1. The summed E-state index contributed by atoms with van der Waals surface area (Å²) in [6, 6.07) is 15.5. The van der Waals surface area contributed by atoms with Crippen molar-refractivity contribution in [1.29, 1.82) is 0 Å². The van der Waals surface area contributed by atoms with Gasteiger partial charge in [-0.25, -0.2) is 0 Å². The molecule has 3 aromatic rings. The van der Waals surface area contributed by atoms with E-state index in [0.717, 1.165) is 38.5 Å². The van der Waals surface area contributed by atoms with Gasteiger partial charge in [-0.2, -0.15) is 0 Å². The standard InChI is InChI=1S/C24H27ClN4O3/c1-17-22(23(27-32-17)20-5-3-4-6-21(20)25)24(30)26-11-12-28-13-15-29(16-14-28)18-7-9-19(31-2)10-8-18/h3-10H,11-16H2,1-2H3,(H,26,30). The van der Waals surface area contributed by atoms with E-state index in [9.17, 15) is 4.79 Å². The van der Waals surface area contributed by atoms with Gasteiger partial charge < -0.3 is 19.5 Å². The van der Waals surface area contributed by atoms with Crippen LogP contribution in [0.2, 0.25) is 5.02 Å². The van der Waals surface area contributed by atoms with Crippen molar-refractivity contribution >= 4 is 23.2 Å². The van der Waals surface area contributed by atoms with Crippen LogP contribution in [0.15, 0.2) is 53.1 Å². The zero-order valence-corrected chi connectivity index (χ0v) is 19.1. The summed E-state index contributed by atoms with van der Waals surface area (Å²) in [5.41, 5.74) is 2.79. The number of methoxy groups -OCH3 is 1. The van der Waals surface area contributed by atoms with Crippen molar-refractivity contribution in [2.75, 3.05) is 51.3 Å². The monoisotopic (exact) mass is 454 g/mol. The number of nitrogens with zero attached hydrogens (tertiary/aromatic N) is 3. The molecule has 1 saturated heterocycles. The molecule has 7 nitrogen and oxygen atoms in total. The fourth-order valence-electron chi connectivity index (χ4n) is 3.92. The predicted molar refractivity (Wildman–Crippen MR) is 126 cm³/mol. The fourth-order valence-corrected chi connectivity index (χ4v) is 4.14. The van der Waals surface area contributed by atoms with E-state index >= 15 is 0 Å². The lowest BCUT2D eigenvalue weighted by atomic mass is 10.1. The second-order valence-electron chi connectivity index (χ2n) is 7.72. The number of ether oxygens (including phenoxy) is 1. The van der Waals surface area contributed by atoms with Gasteiger partial charge >= 0.3 is 0 Å². The summed E-state index contributed by atoms with van der Waals surface area (Å²) in [5.74, 6) is 1.14. The number of hydrogen-bond donors (Lipinski definition) is 1. The van der Waals surface area contributed by atoms with Crippen LogP contribution in [0.1, 0.15) is 16.1 Å². The van der Waals surface area contributed by atoms with Gasteiger partial charge in [0.15, 0.2) is 0 Å². The molecule has 2 heterocycles. The molecular formula is C24H27ClN4O3. The summed E-state index contributed by atoms with van der Waals surface area (Å²) in [4.78, 5) is 17.6. The molecule has 4 rings (SSSR count). The molecule has 1 fully saturated rings. The highest BCUT2D eigenvalue weighted by atomic mass is 35.5. The average molecular weight is 455 g/mol. The summed E-state index contributed by atoms with van der Waals surface area (Å²) < 4.78 is 10.5. The van der Waals surface area contributed by atoms with Crippen molar-refractivity contribution in [1.82, 2.24) is 15.4 Å². The Kier molecular flexibility index (Phi) is 6.97. The molecule has 0 atom stereocenters. The van der Waals surface area contributed by atoms with E-state index in [1.165, 1.54) is 5.69 Å². The minimum atomic E-state index is -0.199. The summed E-state index contributed by atoms with van der Waals surface area (Å²) in [5, 5.41) is 7.61. The van der Waals surface area contributed by atoms with Crippen LogP contribution in [0.5, 0.6) is 5.75 Å². The lowest BCUT2D eigenvalue weighted by Crippen LogP contribution is -2.48. The number of nitrogens with one attached hydrogen (secondary N) is 1. The minimum Gasteiger partial charge on any atom is -0.497 e. The third-order valence-corrected chi connectivity index (χ3v) is 6.07. The van der Waals surface area contributed by atoms with E-state index in [4.69, 9.17) is 20.9 Å². The van der Waals surface area contributed by atoms with Crippen LogP contribution < -0.4 is 15.0 Å². The number of aryl methyl sites for hydroxylation is 1. The normalized spacial score (nSPS) is 14.4. The molecule has 0 radical (unpaired) electrons. The van der Waals surface area contributed by atoms with Gasteiger partial charge in [-0.05, 0) is 37.3 Å². The number of hydrogen-bond acceptors (Lipinski definition) is 6. The van der Waals surface area contributed by atoms with Crippen molar-refractivity contribution in [3.05, 3.63) is 64.9 Å². The van der Waals surface area contributed by atoms with Gasteiger partial charge in [0.1, 0.15) is 22.8 Å². The molecule has 1 aromatic heterocycles. The van der Waals surface area contributed by atoms with Gasteiger partial charge in [0, 0.05) is 50.5 Å². The molecule has 168 valence electrons. The van der Waals surface area contributed by atoms with E-state index in [0.29, 0.717) is 34.1 Å². The first kappa shape index (κ1) is 22.2. The maximum atomic E-state index is 12.9. The van der Waals surface area contributed by atoms with Crippen molar-refractivity contribution in [3.63, 3.8) is 0 Å². The number of halogens is 1. The van der Waals surface area contributed by atoms with Gasteiger partial charge in [-0.3, -0.25) is 9.69 Å². The number of benzene rings is 2. The van der Waals surface area contributed by atoms with Crippen LogP contribution in [0.25, 0.3) is 11.3 Å². The third kappa shape index (κ3) is 4.89. The Labute approximate surface area is 192 Å². The number of carbonyl (C=O) groups is 1. The second kappa shape index (κ2) is 10.1. The molecule has 0 spiro atoms. The highest BCUT2D eigenvalue weighted by Crippen LogP contribution is 2.30. The summed E-state index contributed by atoms with van der Waals surface area (Å²) in [7, 11) is 1.68. The molecule has 1 amide bonds. The quantitative estimate of drug-likeness (QED) is 0.584. The van der Waals surface area contributed by atoms with E-state index < -0.39 is 0 Å². The Balaban J connectivity index is 1.29. The molecule has 0 bridgehead atoms. The van der Waals surface area contributed by atoms with Crippen LogP contribution in [0.4, 0.5) is 5.69 Å². The largest absolute Gasteiger partial charge is 0.497 e. The Morgan fingerprint density at radius 2 is 1.84 bits per heavy atom. The summed E-state index contributed by atoms with van der Waals surface area (Å²) in [6.45, 7) is 6.85. The molecule has 0 unspecified atom stereocenters. The van der Waals surface area contributed by atoms with Gasteiger partial charge in [0.25, 0.3) is 5.91 Å². The van der Waals surface area contributed by atoms with Crippen molar-refractivity contribution < 1.29 is 14.1 Å². The molecule has 2 aromatic carbocycles. The topological polar surface area (TPSA) is 70.8 Å². The molecule has 0 aliphatic carbocycles. The number of rotatable bonds is 7. The Morgan fingerprint density at radius 1 is 1.12 bits per heavy atom. The lowest BCUT2D eigenvalue weighted by Gasteiger charge is -2.36. The van der Waals surface area contributed by atoms with E-state index in [-0.39, 0.29) is 5.91 Å². The first-order valence-electron chi connectivity index (χ1n) is 10.7. The van der Waals surface area contributed by atoms with Crippen LogP contribution in [-0.4, -0.2) is 62.3 Å². The first-order valence-corrected chi connectivity index (χ1v) is 11.1. The second-order valence-corrected chi connectivity index (χ2v) is 8.13. The zero-order chi connectivity index (χ0) is 22.5. The van der Waals surface area contributed by atoms with Crippen molar-refractivity contribution in [3.8, 4) is 17.0 Å². The minimum absolute atomic E-state index is 0.199. The maximum absolute atomic E-state index is 12.9. The molecule has 0 saturated carbocycles. The molecule has 1 aliphatic rings. The Morgan fingerprint density at radius 3 is 2.53 bits per heavy atom.